The van der Waals surface area contributed by atoms with Gasteiger partial charge in [-0.05, 0) is 6.20 Å². The summed E-state index contributed by atoms with van der Waals surface area (Å²) in [6.45, 7) is 0. The van der Waals surface area contributed by atoms with Crippen molar-refractivity contribution in [2.75, 3.05) is 0 Å². The summed E-state index contributed by atoms with van der Waals surface area (Å²) >= 11 is 3.25. The van der Waals surface area contributed by atoms with Gasteiger partial charge in [-0.2, -0.15) is 0 Å². The van der Waals surface area contributed by atoms with Crippen LogP contribution in [0.4, 0.5) is 0 Å². The maximum absolute atomic E-state index is 5.14. The van der Waals surface area contributed by atoms with Gasteiger partial charge in [-0.1, -0.05) is 6.08 Å². The lowest BCUT2D eigenvalue weighted by atomic mass is 10.4. The van der Waals surface area contributed by atoms with Crippen LogP contribution in [0.1, 0.15) is 5.01 Å². The average Bonchev–Trinajstić information content (AvgIpc) is 2.90. The van der Waals surface area contributed by atoms with Crippen LogP contribution in [-0.4, -0.2) is 9.97 Å². The maximum Gasteiger partial charge on any atom is 0.0963 e. The molecule has 0 saturated carbocycles. The van der Waals surface area contributed by atoms with Crippen molar-refractivity contribution in [3.8, 4) is 0 Å². The van der Waals surface area contributed by atoms with E-state index in [0.29, 0.717) is 0 Å². The van der Waals surface area contributed by atoms with Crippen molar-refractivity contribution < 1.29 is 0 Å². The number of thiazole rings is 2. The number of hydrogen-bond donors (Lipinski definition) is 1. The van der Waals surface area contributed by atoms with Gasteiger partial charge in [-0.25, -0.2) is 4.98 Å². The molecule has 2 N–H and O–H groups in total. The van der Waals surface area contributed by atoms with Gasteiger partial charge < -0.3 is 5.73 Å². The fourth-order valence-electron chi connectivity index (χ4n) is 0.698. The van der Waals surface area contributed by atoms with Gasteiger partial charge in [0.05, 0.1) is 10.5 Å². The monoisotopic (exact) mass is 225 g/mol. The minimum absolute atomic E-state index is 0.855. The summed E-state index contributed by atoms with van der Waals surface area (Å²) in [6, 6.07) is 0. The standard InChI is InChI=1S/C6H8N2S.C3H3NS/c7-3-1-2-6-8-4-5-9-6;1-2-5-3-4-1/h1,3-5H,2,7H2;1-3H. The quantitative estimate of drug-likeness (QED) is 0.853. The molecule has 2 aromatic rings. The Kier molecular flexibility index (Phi) is 5.62. The van der Waals surface area contributed by atoms with Crippen molar-refractivity contribution in [3.63, 3.8) is 0 Å². The molecule has 0 aromatic carbocycles. The molecule has 5 heteroatoms. The van der Waals surface area contributed by atoms with E-state index in [9.17, 15) is 0 Å². The van der Waals surface area contributed by atoms with Crippen LogP contribution >= 0.6 is 22.7 Å². The minimum Gasteiger partial charge on any atom is -0.405 e. The Morgan fingerprint density at radius 3 is 2.71 bits per heavy atom. The number of allylic oxidation sites excluding steroid dienone is 1. The van der Waals surface area contributed by atoms with E-state index in [1.165, 1.54) is 0 Å². The summed E-state index contributed by atoms with van der Waals surface area (Å²) < 4.78 is 0. The molecule has 0 aliphatic carbocycles. The van der Waals surface area contributed by atoms with Crippen molar-refractivity contribution in [1.82, 2.24) is 9.97 Å². The first-order valence-electron chi connectivity index (χ1n) is 4.00. The Bertz CT molecular complexity index is 310. The highest BCUT2D eigenvalue weighted by molar-refractivity contribution is 7.09. The molecule has 2 aromatic heterocycles. The van der Waals surface area contributed by atoms with E-state index in [0.717, 1.165) is 11.4 Å². The molecule has 2 heterocycles. The van der Waals surface area contributed by atoms with Crippen molar-refractivity contribution >= 4 is 22.7 Å². The normalized spacial score (nSPS) is 9.71. The lowest BCUT2D eigenvalue weighted by Crippen LogP contribution is -1.80. The third kappa shape index (κ3) is 4.74. The highest BCUT2D eigenvalue weighted by atomic mass is 32.1. The molecule has 0 radical (unpaired) electrons. The number of rotatable bonds is 2. The fourth-order valence-corrected chi connectivity index (χ4v) is 1.64. The number of nitrogens with two attached hydrogens (primary N) is 1. The first kappa shape index (κ1) is 10.9. The zero-order valence-electron chi connectivity index (χ0n) is 7.54. The number of nitrogens with zero attached hydrogens (tertiary/aromatic N) is 2. The van der Waals surface area contributed by atoms with Crippen molar-refractivity contribution in [2.24, 2.45) is 5.73 Å². The summed E-state index contributed by atoms with van der Waals surface area (Å²) in [7, 11) is 0. The van der Waals surface area contributed by atoms with Crippen LogP contribution in [-0.2, 0) is 6.42 Å². The summed E-state index contributed by atoms with van der Waals surface area (Å²) in [4.78, 5) is 7.81. The Labute approximate surface area is 91.0 Å². The lowest BCUT2D eigenvalue weighted by Gasteiger charge is -1.81. The Balaban J connectivity index is 0.000000165. The average molecular weight is 225 g/mol. The van der Waals surface area contributed by atoms with E-state index in [1.807, 2.05) is 16.8 Å². The second-order valence-electron chi connectivity index (χ2n) is 2.23. The maximum atomic E-state index is 5.14. The van der Waals surface area contributed by atoms with Crippen LogP contribution in [0, 0.1) is 0 Å². The van der Waals surface area contributed by atoms with Crippen LogP contribution in [0.25, 0.3) is 0 Å². The van der Waals surface area contributed by atoms with Crippen LogP contribution in [0.5, 0.6) is 0 Å². The van der Waals surface area contributed by atoms with E-state index in [2.05, 4.69) is 9.97 Å². The first-order chi connectivity index (χ1) is 6.93. The predicted octanol–water partition coefficient (Wildman–Crippen LogP) is 2.30. The molecule has 3 nitrogen and oxygen atoms in total. The van der Waals surface area contributed by atoms with Gasteiger partial charge in [0.15, 0.2) is 0 Å². The van der Waals surface area contributed by atoms with Gasteiger partial charge in [-0.15, -0.1) is 22.7 Å². The first-order valence-corrected chi connectivity index (χ1v) is 5.83. The zero-order valence-corrected chi connectivity index (χ0v) is 9.17. The molecule has 0 aliphatic heterocycles. The van der Waals surface area contributed by atoms with Gasteiger partial charge in [-0.3, -0.25) is 4.98 Å². The van der Waals surface area contributed by atoms with E-state index in [1.54, 1.807) is 46.8 Å². The molecule has 0 atom stereocenters. The third-order valence-electron chi connectivity index (χ3n) is 1.26. The van der Waals surface area contributed by atoms with E-state index in [4.69, 9.17) is 5.73 Å². The molecule has 14 heavy (non-hydrogen) atoms. The lowest BCUT2D eigenvalue weighted by molar-refractivity contribution is 1.18. The zero-order chi connectivity index (χ0) is 10.1. The molecule has 0 aliphatic rings. The second kappa shape index (κ2) is 7.23. The molecular weight excluding hydrogens is 214 g/mol. The predicted molar refractivity (Wildman–Crippen MR) is 61.3 cm³/mol. The minimum atomic E-state index is 0.855. The molecule has 0 spiro atoms. The summed E-state index contributed by atoms with van der Waals surface area (Å²) in [5.74, 6) is 0. The molecular formula is C9H11N3S2. The molecule has 0 unspecified atom stereocenters. The van der Waals surface area contributed by atoms with Crippen LogP contribution in [0.3, 0.4) is 0 Å². The van der Waals surface area contributed by atoms with Crippen molar-refractivity contribution in [2.45, 2.75) is 6.42 Å². The van der Waals surface area contributed by atoms with Crippen molar-refractivity contribution in [3.05, 3.63) is 45.9 Å². The number of hydrogen-bond acceptors (Lipinski definition) is 5. The van der Waals surface area contributed by atoms with E-state index in [-0.39, 0.29) is 0 Å². The molecule has 0 fully saturated rings. The van der Waals surface area contributed by atoms with Gasteiger partial charge >= 0.3 is 0 Å². The van der Waals surface area contributed by atoms with Crippen LogP contribution < -0.4 is 5.73 Å². The summed E-state index contributed by atoms with van der Waals surface area (Å²) in [5, 5.41) is 5.00. The Morgan fingerprint density at radius 2 is 2.29 bits per heavy atom. The van der Waals surface area contributed by atoms with Crippen LogP contribution in [0.15, 0.2) is 40.9 Å². The third-order valence-corrected chi connectivity index (χ3v) is 2.58. The summed E-state index contributed by atoms with van der Waals surface area (Å²) in [5.41, 5.74) is 6.93. The molecule has 0 bridgehead atoms. The second-order valence-corrected chi connectivity index (χ2v) is 3.97. The number of aromatic nitrogens is 2. The molecule has 0 saturated heterocycles. The Hall–Kier alpha value is -1.20. The Morgan fingerprint density at radius 1 is 1.36 bits per heavy atom. The van der Waals surface area contributed by atoms with E-state index < -0.39 is 0 Å². The summed E-state index contributed by atoms with van der Waals surface area (Å²) in [6.07, 6.45) is 7.85. The van der Waals surface area contributed by atoms with Crippen molar-refractivity contribution in [1.29, 1.82) is 0 Å². The van der Waals surface area contributed by atoms with Gasteiger partial charge in [0.2, 0.25) is 0 Å². The van der Waals surface area contributed by atoms with Gasteiger partial charge in [0.1, 0.15) is 0 Å². The topological polar surface area (TPSA) is 51.8 Å². The van der Waals surface area contributed by atoms with Gasteiger partial charge in [0, 0.05) is 29.6 Å². The molecule has 2 rings (SSSR count). The largest absolute Gasteiger partial charge is 0.405 e. The highest BCUT2D eigenvalue weighted by Crippen LogP contribution is 2.03. The molecule has 0 amide bonds. The molecule has 74 valence electrons. The SMILES string of the molecule is NC=CCc1nccs1.c1cscn1. The fraction of sp³-hybridized carbons (Fsp3) is 0.111. The van der Waals surface area contributed by atoms with Gasteiger partial charge in [0.25, 0.3) is 0 Å². The smallest absolute Gasteiger partial charge is 0.0963 e. The van der Waals surface area contributed by atoms with E-state index >= 15 is 0 Å². The highest BCUT2D eigenvalue weighted by Gasteiger charge is 1.87. The van der Waals surface area contributed by atoms with Crippen LogP contribution in [0.2, 0.25) is 0 Å².